The number of carbonyl (C=O) groups is 2. The quantitative estimate of drug-likeness (QED) is 0.541. The highest BCUT2D eigenvalue weighted by Gasteiger charge is 2.17. The van der Waals surface area contributed by atoms with Crippen LogP contribution in [0.1, 0.15) is 12.4 Å². The van der Waals surface area contributed by atoms with Gasteiger partial charge in [-0.15, -0.1) is 0 Å². The second-order valence-corrected chi connectivity index (χ2v) is 2.94. The van der Waals surface area contributed by atoms with Crippen molar-refractivity contribution in [3.8, 4) is 0 Å². The smallest absolute Gasteiger partial charge is 0.327 e. The molecule has 0 aliphatic heterocycles. The third-order valence-electron chi connectivity index (χ3n) is 1.04. The van der Waals surface area contributed by atoms with Crippen molar-refractivity contribution >= 4 is 23.6 Å². The molecule has 0 fully saturated rings. The Balaban J connectivity index is 4.51. The topological polar surface area (TPSA) is 86.6 Å². The molecule has 0 aliphatic carbocycles. The first-order valence-electron chi connectivity index (χ1n) is 5.33. The van der Waals surface area contributed by atoms with Crippen LogP contribution in [0.5, 0.6) is 0 Å². The Hall–Kier alpha value is -0.750. The summed E-state index contributed by atoms with van der Waals surface area (Å²) in [5, 5.41) is 19.7. The summed E-state index contributed by atoms with van der Waals surface area (Å²) >= 11 is 0.277. The fraction of sp³-hybridized carbons (Fsp3) is 0.714. The summed E-state index contributed by atoms with van der Waals surface area (Å²) in [5.74, 6) is -2.35. The molecule has 0 rings (SSSR count). The normalized spacial score (nSPS) is 18.9. The number of hydrogen-bond donors (Lipinski definition) is 3. The Kier molecular flexibility index (Phi) is 3.45. The van der Waals surface area contributed by atoms with Gasteiger partial charge in [0.15, 0.2) is 0 Å². The lowest BCUT2D eigenvalue weighted by molar-refractivity contribution is -0.140. The van der Waals surface area contributed by atoms with Crippen LogP contribution in [0.15, 0.2) is 0 Å². The number of aliphatic hydroxyl groups is 1. The van der Waals surface area contributed by atoms with E-state index < -0.39 is 35.9 Å². The Labute approximate surface area is 86.1 Å². The molecule has 0 saturated heterocycles. The highest BCUT2D eigenvalue weighted by Crippen LogP contribution is 2.02. The first-order chi connectivity index (χ1) is 7.47. The molecule has 0 bridgehead atoms. The fourth-order valence-corrected chi connectivity index (χ4v) is 1.12. The van der Waals surface area contributed by atoms with Gasteiger partial charge in [0.2, 0.25) is 5.91 Å². The monoisotopic (exact) mass is 211 g/mol. The van der Waals surface area contributed by atoms with Crippen molar-refractivity contribution in [2.24, 2.45) is 0 Å². The van der Waals surface area contributed by atoms with Crippen molar-refractivity contribution in [2.45, 2.75) is 13.0 Å². The van der Waals surface area contributed by atoms with Crippen LogP contribution in [0.2, 0.25) is 0 Å². The highest BCUT2D eigenvalue weighted by molar-refractivity contribution is 7.99. The lowest BCUT2D eigenvalue weighted by Gasteiger charge is -2.11. The van der Waals surface area contributed by atoms with Crippen molar-refractivity contribution < 1.29 is 25.3 Å². The maximum atomic E-state index is 10.7. The number of carbonyl (C=O) groups excluding carboxylic acids is 1. The highest BCUT2D eigenvalue weighted by atomic mass is 32.2. The third-order valence-corrected chi connectivity index (χ3v) is 1.78. The molecule has 13 heavy (non-hydrogen) atoms. The van der Waals surface area contributed by atoms with E-state index in [9.17, 15) is 9.59 Å². The Morgan fingerprint density at radius 3 is 2.69 bits per heavy atom. The Bertz CT molecular complexity index is 307. The van der Waals surface area contributed by atoms with E-state index in [4.69, 9.17) is 15.7 Å². The van der Waals surface area contributed by atoms with E-state index in [1.165, 1.54) is 0 Å². The first-order valence-corrected chi connectivity index (χ1v) is 4.32. The maximum absolute atomic E-state index is 10.7. The lowest BCUT2D eigenvalue weighted by Crippen LogP contribution is -2.41. The Morgan fingerprint density at radius 2 is 2.31 bits per heavy atom. The van der Waals surface area contributed by atoms with Crippen molar-refractivity contribution in [2.75, 3.05) is 18.0 Å². The van der Waals surface area contributed by atoms with Crippen LogP contribution < -0.4 is 5.32 Å². The second kappa shape index (κ2) is 6.73. The zero-order valence-electron chi connectivity index (χ0n) is 10.9. The van der Waals surface area contributed by atoms with E-state index in [0.717, 1.165) is 6.92 Å². The number of thioether (sulfide) groups is 1. The average Bonchev–Trinajstić information content (AvgIpc) is 2.09. The minimum atomic E-state index is -3.10. The number of carboxylic acids is 1. The van der Waals surface area contributed by atoms with Gasteiger partial charge < -0.3 is 15.5 Å². The van der Waals surface area contributed by atoms with E-state index in [1.807, 2.05) is 0 Å². The molecule has 0 heterocycles. The number of amides is 1. The predicted octanol–water partition coefficient (Wildman–Crippen LogP) is -0.699. The van der Waals surface area contributed by atoms with Crippen molar-refractivity contribution in [1.82, 2.24) is 5.32 Å². The van der Waals surface area contributed by atoms with Crippen molar-refractivity contribution in [1.29, 1.82) is 0 Å². The van der Waals surface area contributed by atoms with E-state index in [0.29, 0.717) is 0 Å². The van der Waals surface area contributed by atoms with E-state index in [1.54, 1.807) is 0 Å². The van der Waals surface area contributed by atoms with Crippen LogP contribution in [-0.2, 0) is 9.59 Å². The summed E-state index contributed by atoms with van der Waals surface area (Å²) in [6, 6.07) is -1.34. The second-order valence-electron chi connectivity index (χ2n) is 2.12. The number of rotatable bonds is 6. The standard InChI is InChI=1S/C7H13NO4S/c1-5(10)8-6(7(11)12)4-13-3-2-9/h6,9H,2-4H2,1H3,(H,8,10)(H,11,12)/i2D2,3D2. The number of nitrogens with one attached hydrogen (secondary N) is 1. The van der Waals surface area contributed by atoms with Crippen LogP contribution in [0.25, 0.3) is 0 Å². The first kappa shape index (κ1) is 6.67. The van der Waals surface area contributed by atoms with Crippen molar-refractivity contribution in [3.05, 3.63) is 0 Å². The van der Waals surface area contributed by atoms with Gasteiger partial charge in [-0.1, -0.05) is 0 Å². The Morgan fingerprint density at radius 1 is 1.69 bits per heavy atom. The molecule has 1 atom stereocenters. The van der Waals surface area contributed by atoms with Crippen LogP contribution in [0.4, 0.5) is 0 Å². The van der Waals surface area contributed by atoms with Gasteiger partial charge in [-0.25, -0.2) is 4.79 Å². The van der Waals surface area contributed by atoms with Crippen LogP contribution >= 0.6 is 11.8 Å². The SMILES string of the molecule is [2H]C([2H])(O)C([2H])([2H])SCC(NC(C)=O)C(=O)O. The molecule has 76 valence electrons. The summed E-state index contributed by atoms with van der Waals surface area (Å²) in [6.45, 7) is -1.99. The molecule has 0 aliphatic rings. The van der Waals surface area contributed by atoms with Gasteiger partial charge >= 0.3 is 5.97 Å². The number of hydrogen-bond acceptors (Lipinski definition) is 4. The zero-order valence-corrected chi connectivity index (χ0v) is 7.72. The molecule has 5 nitrogen and oxygen atoms in total. The van der Waals surface area contributed by atoms with Gasteiger partial charge in [0, 0.05) is 21.1 Å². The maximum Gasteiger partial charge on any atom is 0.327 e. The zero-order chi connectivity index (χ0) is 13.9. The molecule has 0 aromatic heterocycles. The minimum Gasteiger partial charge on any atom is -0.480 e. The molecule has 1 amide bonds. The molecule has 1 unspecified atom stereocenters. The van der Waals surface area contributed by atoms with Gasteiger partial charge in [0.05, 0.1) is 9.30 Å². The van der Waals surface area contributed by atoms with Gasteiger partial charge in [0.25, 0.3) is 0 Å². The summed E-state index contributed by atoms with van der Waals surface area (Å²) in [5.41, 5.74) is -2.67. The molecule has 0 radical (unpaired) electrons. The van der Waals surface area contributed by atoms with Crippen LogP contribution in [0, 0.1) is 0 Å². The molecule has 0 aromatic carbocycles. The van der Waals surface area contributed by atoms with Crippen LogP contribution in [0.3, 0.4) is 0 Å². The summed E-state index contributed by atoms with van der Waals surface area (Å²) in [7, 11) is 0. The molecule has 6 heteroatoms. The van der Waals surface area contributed by atoms with Gasteiger partial charge in [0.1, 0.15) is 6.04 Å². The lowest BCUT2D eigenvalue weighted by atomic mass is 10.3. The van der Waals surface area contributed by atoms with Crippen molar-refractivity contribution in [3.63, 3.8) is 0 Å². The molecular formula is C7H13NO4S. The molecule has 0 aromatic rings. The number of carboxylic acid groups (broad SMARTS) is 1. The van der Waals surface area contributed by atoms with E-state index in [2.05, 4.69) is 5.32 Å². The summed E-state index contributed by atoms with van der Waals surface area (Å²) in [6.07, 6.45) is 0. The van der Waals surface area contributed by atoms with E-state index in [-0.39, 0.29) is 11.8 Å². The predicted molar refractivity (Wildman–Crippen MR) is 49.7 cm³/mol. The largest absolute Gasteiger partial charge is 0.480 e. The fourth-order valence-electron chi connectivity index (χ4n) is 0.577. The van der Waals surface area contributed by atoms with Gasteiger partial charge in [-0.05, 0) is 0 Å². The molecular weight excluding hydrogens is 194 g/mol. The summed E-state index contributed by atoms with van der Waals surface area (Å²) < 4.78 is 28.0. The van der Waals surface area contributed by atoms with Gasteiger partial charge in [-0.3, -0.25) is 4.79 Å². The molecule has 0 spiro atoms. The minimum absolute atomic E-state index is 0.277. The summed E-state index contributed by atoms with van der Waals surface area (Å²) in [4.78, 5) is 21.4. The average molecular weight is 211 g/mol. The molecule has 0 saturated carbocycles. The number of aliphatic carboxylic acids is 1. The van der Waals surface area contributed by atoms with Crippen LogP contribution in [-0.4, -0.2) is 46.1 Å². The molecule has 3 N–H and O–H groups in total. The van der Waals surface area contributed by atoms with E-state index >= 15 is 0 Å². The third kappa shape index (κ3) is 6.41. The van der Waals surface area contributed by atoms with Gasteiger partial charge in [-0.2, -0.15) is 11.8 Å².